The smallest absolute Gasteiger partial charge is 0.199 e. The average Bonchev–Trinajstić information content (AvgIpc) is 3.37. The van der Waals surface area contributed by atoms with Crippen molar-refractivity contribution >= 4 is 5.96 Å². The fourth-order valence-electron chi connectivity index (χ4n) is 4.32. The summed E-state index contributed by atoms with van der Waals surface area (Å²) in [6, 6.07) is 18.2. The van der Waals surface area contributed by atoms with Crippen LogP contribution >= 0.6 is 0 Å². The summed E-state index contributed by atoms with van der Waals surface area (Å²) in [5.74, 6) is 0.994. The molecule has 2 heterocycles. The molecule has 0 amide bonds. The van der Waals surface area contributed by atoms with Gasteiger partial charge < -0.3 is 10.2 Å². The predicted molar refractivity (Wildman–Crippen MR) is 110 cm³/mol. The summed E-state index contributed by atoms with van der Waals surface area (Å²) >= 11 is 0. The summed E-state index contributed by atoms with van der Waals surface area (Å²) in [5, 5.41) is 3.62. The Morgan fingerprint density at radius 1 is 0.926 bits per heavy atom. The average molecular weight is 358 g/mol. The minimum absolute atomic E-state index is 0.206. The van der Waals surface area contributed by atoms with E-state index in [0.717, 1.165) is 19.2 Å². The van der Waals surface area contributed by atoms with Gasteiger partial charge in [-0.25, -0.2) is 0 Å². The molecule has 0 saturated heterocycles. The van der Waals surface area contributed by atoms with Crippen molar-refractivity contribution in [3.05, 3.63) is 72.1 Å². The number of nitrogens with zero attached hydrogens (tertiary/aromatic N) is 3. The highest BCUT2D eigenvalue weighted by molar-refractivity contribution is 5.83. The van der Waals surface area contributed by atoms with Gasteiger partial charge in [-0.05, 0) is 27.7 Å². The second-order valence-electron chi connectivity index (χ2n) is 8.73. The fraction of sp³-hybridized carbons (Fsp3) is 0.348. The Hall–Kier alpha value is -2.75. The summed E-state index contributed by atoms with van der Waals surface area (Å²) in [6.07, 6.45) is 4.36. The number of aliphatic imine (C=N–C) groups is 1. The molecule has 0 saturated carbocycles. The van der Waals surface area contributed by atoms with Gasteiger partial charge in [0.25, 0.3) is 0 Å². The highest BCUT2D eigenvalue weighted by atomic mass is 15.4. The lowest BCUT2D eigenvalue weighted by atomic mass is 9.87. The van der Waals surface area contributed by atoms with Crippen molar-refractivity contribution in [1.82, 2.24) is 15.1 Å². The van der Waals surface area contributed by atoms with Crippen LogP contribution in [0.1, 0.15) is 37.9 Å². The van der Waals surface area contributed by atoms with Crippen molar-refractivity contribution < 1.29 is 0 Å². The number of benzene rings is 2. The molecular weight excluding hydrogens is 332 g/mol. The van der Waals surface area contributed by atoms with Crippen molar-refractivity contribution in [2.24, 2.45) is 10.4 Å². The summed E-state index contributed by atoms with van der Waals surface area (Å²) in [7, 11) is 0. The molecule has 0 spiro atoms. The highest BCUT2D eigenvalue weighted by Crippen LogP contribution is 2.46. The molecule has 3 aliphatic rings. The molecule has 2 aliphatic heterocycles. The lowest BCUT2D eigenvalue weighted by Crippen LogP contribution is -2.46. The van der Waals surface area contributed by atoms with E-state index in [0.29, 0.717) is 6.04 Å². The van der Waals surface area contributed by atoms with E-state index < -0.39 is 0 Å². The van der Waals surface area contributed by atoms with Crippen molar-refractivity contribution in [2.45, 2.75) is 32.9 Å². The summed E-state index contributed by atoms with van der Waals surface area (Å²) in [6.45, 7) is 8.46. The van der Waals surface area contributed by atoms with Gasteiger partial charge in [0, 0.05) is 12.4 Å². The Bertz CT molecular complexity index is 892. The van der Waals surface area contributed by atoms with Crippen molar-refractivity contribution in [3.63, 3.8) is 0 Å². The van der Waals surface area contributed by atoms with E-state index >= 15 is 0 Å². The fourth-order valence-corrected chi connectivity index (χ4v) is 4.32. The first-order chi connectivity index (χ1) is 13.0. The van der Waals surface area contributed by atoms with Gasteiger partial charge >= 0.3 is 0 Å². The molecule has 0 aromatic heterocycles. The minimum Gasteiger partial charge on any atom is -0.351 e. The van der Waals surface area contributed by atoms with Crippen LogP contribution in [-0.2, 0) is 0 Å². The van der Waals surface area contributed by atoms with Gasteiger partial charge in [0.15, 0.2) is 5.96 Å². The zero-order valence-electron chi connectivity index (χ0n) is 16.2. The summed E-state index contributed by atoms with van der Waals surface area (Å²) in [4.78, 5) is 9.42. The van der Waals surface area contributed by atoms with E-state index in [1.54, 1.807) is 0 Å². The first kappa shape index (κ1) is 16.4. The van der Waals surface area contributed by atoms with E-state index in [2.05, 4.69) is 96.8 Å². The second-order valence-corrected chi connectivity index (χ2v) is 8.73. The molecule has 5 rings (SSSR count). The van der Waals surface area contributed by atoms with Gasteiger partial charge in [0.2, 0.25) is 0 Å². The van der Waals surface area contributed by atoms with Crippen LogP contribution in [0.15, 0.2) is 65.9 Å². The van der Waals surface area contributed by atoms with Crippen LogP contribution in [0.25, 0.3) is 11.1 Å². The van der Waals surface area contributed by atoms with Crippen LogP contribution in [0.5, 0.6) is 0 Å². The molecule has 0 fully saturated rings. The van der Waals surface area contributed by atoms with Crippen LogP contribution in [0, 0.1) is 5.41 Å². The summed E-state index contributed by atoms with van der Waals surface area (Å²) < 4.78 is 0. The minimum atomic E-state index is 0.206. The molecule has 2 aromatic rings. The zero-order valence-corrected chi connectivity index (χ0v) is 16.2. The molecule has 1 atom stereocenters. The maximum absolute atomic E-state index is 4.77. The first-order valence-electron chi connectivity index (χ1n) is 9.72. The number of hydrogen-bond donors (Lipinski definition) is 1. The SMILES string of the molecule is CC(C)(C)[C@H]1CN=C(N2C=CN(C3c4ccccc4-c4ccccc43)C2)N1. The standard InChI is InChI=1S/C23H26N4/c1-23(2,3)20-14-24-22(25-20)27-13-12-26(15-27)21-18-10-6-4-8-16(18)17-9-5-7-11-19(17)21/h4-13,20-21H,14-15H2,1-3H3,(H,24,25)/t20-/m1/s1. The molecule has 27 heavy (non-hydrogen) atoms. The van der Waals surface area contributed by atoms with Crippen LogP contribution in [0.4, 0.5) is 0 Å². The van der Waals surface area contributed by atoms with Gasteiger partial charge in [-0.1, -0.05) is 69.3 Å². The number of guanidine groups is 1. The predicted octanol–water partition coefficient (Wildman–Crippen LogP) is 4.18. The molecule has 4 heteroatoms. The maximum Gasteiger partial charge on any atom is 0.199 e. The number of nitrogens with one attached hydrogen (secondary N) is 1. The molecule has 0 radical (unpaired) electrons. The monoisotopic (exact) mass is 358 g/mol. The van der Waals surface area contributed by atoms with Crippen LogP contribution in [0.3, 0.4) is 0 Å². The van der Waals surface area contributed by atoms with E-state index in [4.69, 9.17) is 4.99 Å². The Balaban J connectivity index is 1.40. The molecule has 0 bridgehead atoms. The molecule has 138 valence electrons. The molecule has 4 nitrogen and oxygen atoms in total. The van der Waals surface area contributed by atoms with Crippen LogP contribution in [-0.4, -0.2) is 35.0 Å². The molecule has 2 aromatic carbocycles. The number of hydrogen-bond acceptors (Lipinski definition) is 4. The van der Waals surface area contributed by atoms with Crippen molar-refractivity contribution in [3.8, 4) is 11.1 Å². The quantitative estimate of drug-likeness (QED) is 0.830. The lowest BCUT2D eigenvalue weighted by Gasteiger charge is -2.30. The third-order valence-corrected chi connectivity index (χ3v) is 5.93. The molecule has 1 N–H and O–H groups in total. The topological polar surface area (TPSA) is 30.9 Å². The Kier molecular flexibility index (Phi) is 3.58. The van der Waals surface area contributed by atoms with E-state index in [9.17, 15) is 0 Å². The molecular formula is C23H26N4. The van der Waals surface area contributed by atoms with E-state index in [-0.39, 0.29) is 11.5 Å². The van der Waals surface area contributed by atoms with Gasteiger partial charge in [-0.15, -0.1) is 0 Å². The largest absolute Gasteiger partial charge is 0.351 e. The van der Waals surface area contributed by atoms with Crippen molar-refractivity contribution in [1.29, 1.82) is 0 Å². The molecule has 1 aliphatic carbocycles. The summed E-state index contributed by atoms with van der Waals surface area (Å²) in [5.41, 5.74) is 5.69. The lowest BCUT2D eigenvalue weighted by molar-refractivity contribution is 0.277. The Labute approximate surface area is 161 Å². The normalized spacial score (nSPS) is 21.3. The number of fused-ring (bicyclic) bond motifs is 3. The first-order valence-corrected chi connectivity index (χ1v) is 9.72. The van der Waals surface area contributed by atoms with Gasteiger partial charge in [0.1, 0.15) is 0 Å². The number of rotatable bonds is 1. The van der Waals surface area contributed by atoms with Gasteiger partial charge in [0.05, 0.1) is 25.3 Å². The zero-order chi connectivity index (χ0) is 18.6. The highest BCUT2D eigenvalue weighted by Gasteiger charge is 2.36. The Morgan fingerprint density at radius 2 is 1.56 bits per heavy atom. The van der Waals surface area contributed by atoms with Crippen LogP contribution in [0.2, 0.25) is 0 Å². The third-order valence-electron chi connectivity index (χ3n) is 5.93. The van der Waals surface area contributed by atoms with Crippen molar-refractivity contribution in [2.75, 3.05) is 13.2 Å². The van der Waals surface area contributed by atoms with Gasteiger partial charge in [-0.3, -0.25) is 9.89 Å². The third kappa shape index (κ3) is 2.62. The molecule has 0 unspecified atom stereocenters. The second kappa shape index (κ2) is 5.88. The van der Waals surface area contributed by atoms with Crippen LogP contribution < -0.4 is 5.32 Å². The van der Waals surface area contributed by atoms with E-state index in [1.807, 2.05) is 0 Å². The van der Waals surface area contributed by atoms with Gasteiger partial charge in [-0.2, -0.15) is 0 Å². The Morgan fingerprint density at radius 3 is 2.15 bits per heavy atom. The maximum atomic E-state index is 4.77. The van der Waals surface area contributed by atoms with E-state index in [1.165, 1.54) is 22.3 Å².